The first-order valence-electron chi connectivity index (χ1n) is 6.92. The van der Waals surface area contributed by atoms with E-state index in [1.54, 1.807) is 0 Å². The third-order valence-electron chi connectivity index (χ3n) is 3.44. The molecule has 0 fully saturated rings. The van der Waals surface area contributed by atoms with Gasteiger partial charge in [0.2, 0.25) is 0 Å². The van der Waals surface area contributed by atoms with Gasteiger partial charge in [0.05, 0.1) is 12.2 Å². The van der Waals surface area contributed by atoms with Gasteiger partial charge in [-0.15, -0.1) is 0 Å². The Morgan fingerprint density at radius 3 is 2.10 bits per heavy atom. The van der Waals surface area contributed by atoms with E-state index in [4.69, 9.17) is 5.10 Å². The first-order valence-corrected chi connectivity index (χ1v) is 6.92. The number of hydrogen-bond acceptors (Lipinski definition) is 1. The first kappa shape index (κ1) is 12.7. The van der Waals surface area contributed by atoms with Crippen LogP contribution in [0.1, 0.15) is 22.5 Å². The molecule has 2 aromatic carbocycles. The smallest absolute Gasteiger partial charge is 0.0671 e. The van der Waals surface area contributed by atoms with E-state index >= 15 is 0 Å². The van der Waals surface area contributed by atoms with Crippen molar-refractivity contribution < 1.29 is 0 Å². The van der Waals surface area contributed by atoms with Gasteiger partial charge in [0.1, 0.15) is 0 Å². The number of nitrogens with zero attached hydrogens (tertiary/aromatic N) is 2. The molecule has 0 bridgehead atoms. The second kappa shape index (κ2) is 5.74. The van der Waals surface area contributed by atoms with Gasteiger partial charge in [0.15, 0.2) is 0 Å². The van der Waals surface area contributed by atoms with E-state index in [1.807, 2.05) is 12.1 Å². The summed E-state index contributed by atoms with van der Waals surface area (Å²) in [7, 11) is 0. The van der Waals surface area contributed by atoms with Crippen LogP contribution in [0, 0.1) is 6.92 Å². The topological polar surface area (TPSA) is 17.8 Å². The maximum absolute atomic E-state index is 4.72. The number of aromatic nitrogens is 2. The molecule has 1 aromatic heterocycles. The van der Waals surface area contributed by atoms with Gasteiger partial charge in [0, 0.05) is 12.1 Å². The van der Waals surface area contributed by atoms with Gasteiger partial charge < -0.3 is 0 Å². The molecule has 20 heavy (non-hydrogen) atoms. The van der Waals surface area contributed by atoms with Crippen molar-refractivity contribution in [2.45, 2.75) is 19.9 Å². The zero-order valence-corrected chi connectivity index (χ0v) is 11.7. The lowest BCUT2D eigenvalue weighted by Crippen LogP contribution is -2.04. The molecule has 0 radical (unpaired) electrons. The SMILES string of the molecule is Cc1cc(Cc2ccccc2)nn1Cc1ccccc1. The summed E-state index contributed by atoms with van der Waals surface area (Å²) in [6.07, 6.45) is 0.892. The normalized spacial score (nSPS) is 10.7. The minimum atomic E-state index is 0.835. The van der Waals surface area contributed by atoms with Gasteiger partial charge in [-0.05, 0) is 24.1 Å². The van der Waals surface area contributed by atoms with E-state index in [0.717, 1.165) is 18.7 Å². The second-order valence-electron chi connectivity index (χ2n) is 5.08. The summed E-state index contributed by atoms with van der Waals surface area (Å²) in [6.45, 7) is 2.95. The van der Waals surface area contributed by atoms with Crippen LogP contribution in [0.25, 0.3) is 0 Å². The Morgan fingerprint density at radius 2 is 1.45 bits per heavy atom. The lowest BCUT2D eigenvalue weighted by molar-refractivity contribution is 0.655. The standard InChI is InChI=1S/C18H18N2/c1-15-12-18(13-16-8-4-2-5-9-16)19-20(15)14-17-10-6-3-7-11-17/h2-12H,13-14H2,1H3. The summed E-state index contributed by atoms with van der Waals surface area (Å²) in [6, 6.07) is 23.1. The molecule has 1 heterocycles. The van der Waals surface area contributed by atoms with Crippen LogP contribution < -0.4 is 0 Å². The van der Waals surface area contributed by atoms with Crippen molar-refractivity contribution in [1.82, 2.24) is 9.78 Å². The highest BCUT2D eigenvalue weighted by Crippen LogP contribution is 2.11. The number of aryl methyl sites for hydroxylation is 1. The Hall–Kier alpha value is -2.35. The molecule has 0 aliphatic rings. The van der Waals surface area contributed by atoms with Crippen molar-refractivity contribution >= 4 is 0 Å². The Balaban J connectivity index is 1.77. The summed E-state index contributed by atoms with van der Waals surface area (Å²) in [5, 5.41) is 4.72. The molecule has 3 rings (SSSR count). The molecular weight excluding hydrogens is 244 g/mol. The van der Waals surface area contributed by atoms with Crippen LogP contribution in [0.3, 0.4) is 0 Å². The lowest BCUT2D eigenvalue weighted by atomic mass is 10.1. The molecule has 2 heteroatoms. The Morgan fingerprint density at radius 1 is 0.850 bits per heavy atom. The number of benzene rings is 2. The fraction of sp³-hybridized carbons (Fsp3) is 0.167. The maximum Gasteiger partial charge on any atom is 0.0671 e. The highest BCUT2D eigenvalue weighted by molar-refractivity contribution is 5.23. The molecule has 0 aliphatic heterocycles. The monoisotopic (exact) mass is 262 g/mol. The van der Waals surface area contributed by atoms with Gasteiger partial charge in [-0.1, -0.05) is 60.7 Å². The number of rotatable bonds is 4. The third-order valence-corrected chi connectivity index (χ3v) is 3.44. The van der Waals surface area contributed by atoms with E-state index in [1.165, 1.54) is 16.8 Å². The van der Waals surface area contributed by atoms with Gasteiger partial charge in [-0.3, -0.25) is 4.68 Å². The van der Waals surface area contributed by atoms with Gasteiger partial charge in [-0.2, -0.15) is 5.10 Å². The molecule has 0 aliphatic carbocycles. The van der Waals surface area contributed by atoms with E-state index in [0.29, 0.717) is 0 Å². The number of hydrogen-bond donors (Lipinski definition) is 0. The van der Waals surface area contributed by atoms with Crippen LogP contribution in [0.15, 0.2) is 66.7 Å². The van der Waals surface area contributed by atoms with E-state index in [-0.39, 0.29) is 0 Å². The third kappa shape index (κ3) is 2.97. The summed E-state index contributed by atoms with van der Waals surface area (Å²) in [5.74, 6) is 0. The molecule has 0 spiro atoms. The van der Waals surface area contributed by atoms with Crippen molar-refractivity contribution in [3.63, 3.8) is 0 Å². The van der Waals surface area contributed by atoms with Crippen molar-refractivity contribution in [1.29, 1.82) is 0 Å². The van der Waals surface area contributed by atoms with Crippen molar-refractivity contribution in [2.24, 2.45) is 0 Å². The molecule has 0 atom stereocenters. The predicted octanol–water partition coefficient (Wildman–Crippen LogP) is 3.83. The van der Waals surface area contributed by atoms with Gasteiger partial charge in [-0.25, -0.2) is 0 Å². The molecule has 0 saturated carbocycles. The van der Waals surface area contributed by atoms with E-state index in [9.17, 15) is 0 Å². The molecule has 100 valence electrons. The van der Waals surface area contributed by atoms with Crippen molar-refractivity contribution in [3.05, 3.63) is 89.2 Å². The minimum Gasteiger partial charge on any atom is -0.265 e. The Labute approximate surface area is 119 Å². The second-order valence-corrected chi connectivity index (χ2v) is 5.08. The largest absolute Gasteiger partial charge is 0.265 e. The molecule has 0 N–H and O–H groups in total. The molecule has 3 aromatic rings. The summed E-state index contributed by atoms with van der Waals surface area (Å²) in [4.78, 5) is 0. The van der Waals surface area contributed by atoms with E-state index < -0.39 is 0 Å². The summed E-state index contributed by atoms with van der Waals surface area (Å²) in [5.41, 5.74) is 4.92. The molecule has 0 unspecified atom stereocenters. The molecule has 2 nitrogen and oxygen atoms in total. The predicted molar refractivity (Wildman–Crippen MR) is 81.8 cm³/mol. The fourth-order valence-electron chi connectivity index (χ4n) is 2.39. The quantitative estimate of drug-likeness (QED) is 0.698. The molecule has 0 amide bonds. The van der Waals surface area contributed by atoms with Crippen LogP contribution in [-0.2, 0) is 13.0 Å². The van der Waals surface area contributed by atoms with Gasteiger partial charge >= 0.3 is 0 Å². The Bertz CT molecular complexity index is 669. The minimum absolute atomic E-state index is 0.835. The fourth-order valence-corrected chi connectivity index (χ4v) is 2.39. The lowest BCUT2D eigenvalue weighted by Gasteiger charge is -2.04. The highest BCUT2D eigenvalue weighted by atomic mass is 15.3. The van der Waals surface area contributed by atoms with Crippen LogP contribution in [0.2, 0.25) is 0 Å². The van der Waals surface area contributed by atoms with Crippen LogP contribution in [0.5, 0.6) is 0 Å². The zero-order chi connectivity index (χ0) is 13.8. The average molecular weight is 262 g/mol. The van der Waals surface area contributed by atoms with Crippen molar-refractivity contribution in [2.75, 3.05) is 0 Å². The molecule has 0 saturated heterocycles. The van der Waals surface area contributed by atoms with Crippen LogP contribution >= 0.6 is 0 Å². The average Bonchev–Trinajstić information content (AvgIpc) is 2.81. The van der Waals surface area contributed by atoms with Crippen LogP contribution in [-0.4, -0.2) is 9.78 Å². The first-order chi connectivity index (χ1) is 9.81. The summed E-state index contributed by atoms with van der Waals surface area (Å²) >= 11 is 0. The van der Waals surface area contributed by atoms with Gasteiger partial charge in [0.25, 0.3) is 0 Å². The zero-order valence-electron chi connectivity index (χ0n) is 11.7. The maximum atomic E-state index is 4.72. The Kier molecular flexibility index (Phi) is 3.64. The van der Waals surface area contributed by atoms with Crippen molar-refractivity contribution in [3.8, 4) is 0 Å². The summed E-state index contributed by atoms with van der Waals surface area (Å²) < 4.78 is 2.08. The highest BCUT2D eigenvalue weighted by Gasteiger charge is 2.05. The van der Waals surface area contributed by atoms with Crippen LogP contribution in [0.4, 0.5) is 0 Å². The van der Waals surface area contributed by atoms with E-state index in [2.05, 4.69) is 66.2 Å². The molecular formula is C18H18N2.